The smallest absolute Gasteiger partial charge is 0.420 e. The zero-order chi connectivity index (χ0) is 19.6. The van der Waals surface area contributed by atoms with Gasteiger partial charge in [-0.05, 0) is 52.0 Å². The van der Waals surface area contributed by atoms with Crippen LogP contribution in [0.3, 0.4) is 0 Å². The van der Waals surface area contributed by atoms with E-state index in [0.29, 0.717) is 11.4 Å². The molecule has 0 fully saturated rings. The molecular weight excluding hydrogens is 442 g/mol. The molecule has 1 heterocycles. The largest absolute Gasteiger partial charge is 0.487 e. The average molecular weight is 454 g/mol. The maximum absolute atomic E-state index is 12.6. The maximum Gasteiger partial charge on any atom is 0.487 e. The van der Waals surface area contributed by atoms with Crippen LogP contribution in [0.5, 0.6) is 5.75 Å². The van der Waals surface area contributed by atoms with Crippen LogP contribution in [0.25, 0.3) is 0 Å². The number of amides is 1. The van der Waals surface area contributed by atoms with Gasteiger partial charge in [-0.25, -0.2) is 0 Å². The number of benzene rings is 1. The Hall–Kier alpha value is -2.27. The zero-order valence-corrected chi connectivity index (χ0v) is 15.8. The van der Waals surface area contributed by atoms with Crippen molar-refractivity contribution in [2.75, 3.05) is 11.9 Å². The standard InChI is InChI=1S/C14H12BrClF2N4O4/c1-8-12(15)13(22(24)25)19-21(8)7-11(23)20(2)9-3-5-10(6-4-9)26-14(16,17)18/h3-6H,7H2,1-2H3. The van der Waals surface area contributed by atoms with Crippen molar-refractivity contribution in [2.45, 2.75) is 19.0 Å². The number of anilines is 1. The van der Waals surface area contributed by atoms with Crippen molar-refractivity contribution < 1.29 is 23.2 Å². The summed E-state index contributed by atoms with van der Waals surface area (Å²) in [5.41, 5.74) is -3.01. The molecule has 0 aliphatic carbocycles. The van der Waals surface area contributed by atoms with Gasteiger partial charge in [-0.2, -0.15) is 4.68 Å². The molecule has 0 aliphatic rings. The van der Waals surface area contributed by atoms with Crippen LogP contribution in [-0.4, -0.2) is 33.2 Å². The van der Waals surface area contributed by atoms with E-state index in [1.165, 1.54) is 40.9 Å². The van der Waals surface area contributed by atoms with Crippen molar-refractivity contribution in [1.82, 2.24) is 9.78 Å². The first-order chi connectivity index (χ1) is 12.0. The minimum absolute atomic E-state index is 0.169. The first-order valence-electron chi connectivity index (χ1n) is 6.99. The third kappa shape index (κ3) is 4.67. The Labute approximate surface area is 159 Å². The lowest BCUT2D eigenvalue weighted by molar-refractivity contribution is -0.390. The second-order valence-corrected chi connectivity index (χ2v) is 6.37. The van der Waals surface area contributed by atoms with E-state index in [1.54, 1.807) is 6.92 Å². The predicted octanol–water partition coefficient (Wildman–Crippen LogP) is 3.69. The van der Waals surface area contributed by atoms with Gasteiger partial charge in [0.1, 0.15) is 16.8 Å². The molecule has 0 bridgehead atoms. The van der Waals surface area contributed by atoms with Crippen LogP contribution in [0.2, 0.25) is 0 Å². The van der Waals surface area contributed by atoms with Gasteiger partial charge in [0.25, 0.3) is 5.91 Å². The number of hydrogen-bond donors (Lipinski definition) is 0. The maximum atomic E-state index is 12.6. The summed E-state index contributed by atoms with van der Waals surface area (Å²) in [6.07, 6.45) is 0. The molecule has 0 spiro atoms. The quantitative estimate of drug-likeness (QED) is 0.378. The summed E-state index contributed by atoms with van der Waals surface area (Å²) >= 11 is 7.75. The van der Waals surface area contributed by atoms with Gasteiger partial charge in [0.15, 0.2) is 0 Å². The predicted molar refractivity (Wildman–Crippen MR) is 92.6 cm³/mol. The topological polar surface area (TPSA) is 90.5 Å². The van der Waals surface area contributed by atoms with Crippen molar-refractivity contribution in [2.24, 2.45) is 0 Å². The molecule has 1 aromatic carbocycles. The number of halogens is 4. The first-order valence-corrected chi connectivity index (χ1v) is 8.16. The minimum atomic E-state index is -3.83. The molecule has 0 radical (unpaired) electrons. The first kappa shape index (κ1) is 20.0. The van der Waals surface area contributed by atoms with E-state index in [-0.39, 0.29) is 22.6 Å². The molecule has 1 aromatic heterocycles. The number of carbonyl (C=O) groups is 1. The van der Waals surface area contributed by atoms with Gasteiger partial charge in [0.05, 0.1) is 10.8 Å². The number of nitrogens with zero attached hydrogens (tertiary/aromatic N) is 4. The Balaban J connectivity index is 2.13. The van der Waals surface area contributed by atoms with Gasteiger partial charge in [0, 0.05) is 24.3 Å². The second kappa shape index (κ2) is 7.54. The van der Waals surface area contributed by atoms with Crippen LogP contribution >= 0.6 is 27.5 Å². The summed E-state index contributed by atoms with van der Waals surface area (Å²) in [6.45, 7) is 1.34. The Morgan fingerprint density at radius 1 is 1.46 bits per heavy atom. The number of carbonyl (C=O) groups excluding carboxylic acids is 1. The molecule has 0 atom stereocenters. The molecule has 0 saturated carbocycles. The van der Waals surface area contributed by atoms with Gasteiger partial charge in [-0.1, -0.05) is 0 Å². The van der Waals surface area contributed by atoms with E-state index in [0.717, 1.165) is 0 Å². The fourth-order valence-electron chi connectivity index (χ4n) is 2.03. The number of hydrogen-bond acceptors (Lipinski definition) is 5. The Bertz CT molecular complexity index is 839. The van der Waals surface area contributed by atoms with Crippen LogP contribution in [0.1, 0.15) is 5.69 Å². The Morgan fingerprint density at radius 2 is 2.04 bits per heavy atom. The van der Waals surface area contributed by atoms with Crippen LogP contribution in [0.15, 0.2) is 28.7 Å². The van der Waals surface area contributed by atoms with Crippen LogP contribution in [0.4, 0.5) is 20.3 Å². The molecule has 140 valence electrons. The van der Waals surface area contributed by atoms with Crippen molar-refractivity contribution >= 4 is 44.9 Å². The molecule has 0 saturated heterocycles. The molecular formula is C14H12BrClF2N4O4. The summed E-state index contributed by atoms with van der Waals surface area (Å²) in [5, 5.41) is 14.7. The van der Waals surface area contributed by atoms with Gasteiger partial charge >= 0.3 is 11.4 Å². The lowest BCUT2D eigenvalue weighted by Gasteiger charge is -2.18. The molecule has 2 rings (SSSR count). The number of rotatable bonds is 6. The molecule has 2 aromatic rings. The lowest BCUT2D eigenvalue weighted by atomic mass is 10.3. The molecule has 0 N–H and O–H groups in total. The van der Waals surface area contributed by atoms with E-state index >= 15 is 0 Å². The highest BCUT2D eigenvalue weighted by Gasteiger charge is 2.28. The third-order valence-electron chi connectivity index (χ3n) is 3.41. The second-order valence-electron chi connectivity index (χ2n) is 5.13. The van der Waals surface area contributed by atoms with Gasteiger partial charge < -0.3 is 19.8 Å². The fourth-order valence-corrected chi connectivity index (χ4v) is 2.55. The molecule has 0 unspecified atom stereocenters. The van der Waals surface area contributed by atoms with E-state index in [9.17, 15) is 23.7 Å². The third-order valence-corrected chi connectivity index (χ3v) is 4.41. The van der Waals surface area contributed by atoms with Crippen molar-refractivity contribution in [3.8, 4) is 5.75 Å². The summed E-state index contributed by atoms with van der Waals surface area (Å²) in [6, 6.07) is 5.25. The van der Waals surface area contributed by atoms with E-state index in [4.69, 9.17) is 0 Å². The molecule has 1 amide bonds. The average Bonchev–Trinajstić information content (AvgIpc) is 2.82. The van der Waals surface area contributed by atoms with Crippen molar-refractivity contribution in [1.29, 1.82) is 0 Å². The van der Waals surface area contributed by atoms with Crippen LogP contribution < -0.4 is 9.64 Å². The van der Waals surface area contributed by atoms with E-state index in [1.807, 2.05) is 0 Å². The van der Waals surface area contributed by atoms with Crippen LogP contribution in [0, 0.1) is 17.0 Å². The van der Waals surface area contributed by atoms with Gasteiger partial charge in [-0.3, -0.25) is 4.79 Å². The highest BCUT2D eigenvalue weighted by atomic mass is 79.9. The molecule has 26 heavy (non-hydrogen) atoms. The number of ether oxygens (including phenoxy) is 1. The lowest BCUT2D eigenvalue weighted by Crippen LogP contribution is -2.30. The molecule has 0 aliphatic heterocycles. The van der Waals surface area contributed by atoms with E-state index < -0.39 is 16.4 Å². The molecule has 12 heteroatoms. The summed E-state index contributed by atoms with van der Waals surface area (Å²) in [5.74, 6) is -0.979. The molecule has 8 nitrogen and oxygen atoms in total. The summed E-state index contributed by atoms with van der Waals surface area (Å²) in [7, 11) is 1.47. The van der Waals surface area contributed by atoms with Crippen LogP contribution in [-0.2, 0) is 11.3 Å². The number of likely N-dealkylation sites (N-methyl/N-ethyl adjacent to an activating group) is 1. The van der Waals surface area contributed by atoms with E-state index in [2.05, 4.69) is 37.4 Å². The minimum Gasteiger partial charge on any atom is -0.420 e. The highest BCUT2D eigenvalue weighted by molar-refractivity contribution is 9.10. The van der Waals surface area contributed by atoms with Crippen molar-refractivity contribution in [3.63, 3.8) is 0 Å². The number of nitro groups is 1. The Morgan fingerprint density at radius 3 is 2.50 bits per heavy atom. The fraction of sp³-hybridized carbons (Fsp3) is 0.286. The monoisotopic (exact) mass is 452 g/mol. The zero-order valence-electron chi connectivity index (χ0n) is 13.5. The summed E-state index contributed by atoms with van der Waals surface area (Å²) < 4.78 is 30.8. The van der Waals surface area contributed by atoms with Gasteiger partial charge in [0.2, 0.25) is 0 Å². The number of aromatic nitrogens is 2. The normalized spacial score (nSPS) is 11.3. The highest BCUT2D eigenvalue weighted by Crippen LogP contribution is 2.28. The summed E-state index contributed by atoms with van der Waals surface area (Å²) in [4.78, 5) is 23.9. The number of alkyl halides is 3. The van der Waals surface area contributed by atoms with Crippen molar-refractivity contribution in [3.05, 3.63) is 44.5 Å². The Kier molecular flexibility index (Phi) is 5.81. The SMILES string of the molecule is Cc1c(Br)c([N+](=O)[O-])nn1CC(=O)N(C)c1ccc(OC(F)(F)Cl)cc1. The van der Waals surface area contributed by atoms with Gasteiger partial charge in [-0.15, -0.1) is 8.78 Å².